The molecule has 0 saturated heterocycles. The lowest BCUT2D eigenvalue weighted by atomic mass is 10.1. The second kappa shape index (κ2) is 5.96. The lowest BCUT2D eigenvalue weighted by Gasteiger charge is -2.19. The molecule has 5 nitrogen and oxygen atoms in total. The summed E-state index contributed by atoms with van der Waals surface area (Å²) < 4.78 is 1.91. The van der Waals surface area contributed by atoms with E-state index in [1.54, 1.807) is 6.33 Å². The smallest absolute Gasteiger partial charge is 0.141 e. The third-order valence-electron chi connectivity index (χ3n) is 2.86. The first-order chi connectivity index (χ1) is 7.56. The van der Waals surface area contributed by atoms with Gasteiger partial charge in [-0.15, -0.1) is 0 Å². The van der Waals surface area contributed by atoms with Gasteiger partial charge in [0.2, 0.25) is 0 Å². The highest BCUT2D eigenvalue weighted by molar-refractivity contribution is 4.86. The molecule has 0 fully saturated rings. The van der Waals surface area contributed by atoms with E-state index >= 15 is 0 Å². The van der Waals surface area contributed by atoms with Crippen LogP contribution in [0.3, 0.4) is 0 Å². The maximum absolute atomic E-state index is 9.03. The molecule has 0 spiro atoms. The first-order valence-electron chi connectivity index (χ1n) is 5.78. The number of nitrogens with one attached hydrogen (secondary N) is 1. The van der Waals surface area contributed by atoms with Gasteiger partial charge in [-0.05, 0) is 26.7 Å². The zero-order valence-corrected chi connectivity index (χ0v) is 10.5. The van der Waals surface area contributed by atoms with E-state index in [4.69, 9.17) is 5.11 Å². The third kappa shape index (κ3) is 3.28. The van der Waals surface area contributed by atoms with Gasteiger partial charge in [-0.2, -0.15) is 5.10 Å². The average Bonchev–Trinajstić information content (AvgIpc) is 2.72. The van der Waals surface area contributed by atoms with Crippen molar-refractivity contribution in [2.24, 2.45) is 5.92 Å². The predicted octanol–water partition coefficient (Wildman–Crippen LogP) is 0.965. The van der Waals surface area contributed by atoms with Gasteiger partial charge in [-0.25, -0.2) is 9.67 Å². The Morgan fingerprint density at radius 3 is 2.62 bits per heavy atom. The van der Waals surface area contributed by atoms with Crippen LogP contribution in [-0.4, -0.2) is 32.5 Å². The summed E-state index contributed by atoms with van der Waals surface area (Å²) in [6, 6.07) is 0.590. The number of hydrogen-bond acceptors (Lipinski definition) is 4. The quantitative estimate of drug-likeness (QED) is 0.758. The van der Waals surface area contributed by atoms with Gasteiger partial charge in [0.1, 0.15) is 12.2 Å². The molecular formula is C11H22N4O. The molecule has 2 unspecified atom stereocenters. The molecule has 0 aliphatic carbocycles. The molecule has 16 heavy (non-hydrogen) atoms. The largest absolute Gasteiger partial charge is 0.396 e. The molecule has 0 amide bonds. The summed E-state index contributed by atoms with van der Waals surface area (Å²) in [5.74, 6) is 1.18. The van der Waals surface area contributed by atoms with Gasteiger partial charge in [0.05, 0.1) is 6.54 Å². The van der Waals surface area contributed by atoms with Crippen LogP contribution in [-0.2, 0) is 6.54 Å². The lowest BCUT2D eigenvalue weighted by Crippen LogP contribution is -2.34. The predicted molar refractivity (Wildman–Crippen MR) is 63.0 cm³/mol. The molecule has 0 aliphatic rings. The Balaban J connectivity index is 2.51. The molecule has 2 N–H and O–H groups in total. The van der Waals surface area contributed by atoms with E-state index in [0.717, 1.165) is 5.82 Å². The summed E-state index contributed by atoms with van der Waals surface area (Å²) in [6.45, 7) is 9.13. The van der Waals surface area contributed by atoms with Crippen LogP contribution >= 0.6 is 0 Å². The molecule has 92 valence electrons. The lowest BCUT2D eigenvalue weighted by molar-refractivity contribution is 0.206. The van der Waals surface area contributed by atoms with Crippen LogP contribution in [0.1, 0.15) is 39.6 Å². The molecule has 1 aromatic heterocycles. The minimum absolute atomic E-state index is 0.199. The normalized spacial score (nSPS) is 15.4. The van der Waals surface area contributed by atoms with E-state index in [0.29, 0.717) is 12.6 Å². The SMILES string of the molecule is CC(CO)C(C)NCc1ncnn1C(C)C. The Kier molecular flexibility index (Phi) is 4.89. The number of nitrogens with zero attached hydrogens (tertiary/aromatic N) is 3. The van der Waals surface area contributed by atoms with Gasteiger partial charge in [0.25, 0.3) is 0 Å². The fourth-order valence-electron chi connectivity index (χ4n) is 1.44. The van der Waals surface area contributed by atoms with Crippen molar-refractivity contribution in [3.63, 3.8) is 0 Å². The number of aromatic nitrogens is 3. The molecule has 0 bridgehead atoms. The number of rotatable bonds is 6. The second-order valence-electron chi connectivity index (χ2n) is 4.54. The Bertz CT molecular complexity index is 311. The van der Waals surface area contributed by atoms with Gasteiger partial charge >= 0.3 is 0 Å². The summed E-state index contributed by atoms with van der Waals surface area (Å²) in [5.41, 5.74) is 0. The first kappa shape index (κ1) is 13.1. The molecular weight excluding hydrogens is 204 g/mol. The number of hydrogen-bond donors (Lipinski definition) is 2. The van der Waals surface area contributed by atoms with Gasteiger partial charge in [-0.3, -0.25) is 0 Å². The topological polar surface area (TPSA) is 63.0 Å². The zero-order chi connectivity index (χ0) is 12.1. The fraction of sp³-hybridized carbons (Fsp3) is 0.818. The Morgan fingerprint density at radius 1 is 1.38 bits per heavy atom. The van der Waals surface area contributed by atoms with Gasteiger partial charge < -0.3 is 10.4 Å². The highest BCUT2D eigenvalue weighted by Crippen LogP contribution is 2.06. The molecule has 5 heteroatoms. The maximum Gasteiger partial charge on any atom is 0.141 e. The van der Waals surface area contributed by atoms with E-state index in [1.807, 2.05) is 11.6 Å². The molecule has 0 aliphatic heterocycles. The van der Waals surface area contributed by atoms with E-state index in [-0.39, 0.29) is 18.6 Å². The minimum Gasteiger partial charge on any atom is -0.396 e. The van der Waals surface area contributed by atoms with Crippen LogP contribution in [0.15, 0.2) is 6.33 Å². The summed E-state index contributed by atoms with van der Waals surface area (Å²) in [4.78, 5) is 4.22. The van der Waals surface area contributed by atoms with Crippen LogP contribution < -0.4 is 5.32 Å². The number of aliphatic hydroxyl groups excluding tert-OH is 1. The highest BCUT2D eigenvalue weighted by atomic mass is 16.3. The van der Waals surface area contributed by atoms with E-state index < -0.39 is 0 Å². The van der Waals surface area contributed by atoms with Crippen molar-refractivity contribution in [2.45, 2.75) is 46.3 Å². The van der Waals surface area contributed by atoms with Crippen LogP contribution in [0.5, 0.6) is 0 Å². The second-order valence-corrected chi connectivity index (χ2v) is 4.54. The van der Waals surface area contributed by atoms with E-state index in [1.165, 1.54) is 0 Å². The van der Waals surface area contributed by atoms with Crippen molar-refractivity contribution in [3.05, 3.63) is 12.2 Å². The number of aliphatic hydroxyl groups is 1. The van der Waals surface area contributed by atoms with Crippen LogP contribution in [0.2, 0.25) is 0 Å². The van der Waals surface area contributed by atoms with Crippen molar-refractivity contribution in [3.8, 4) is 0 Å². The summed E-state index contributed by atoms with van der Waals surface area (Å²) >= 11 is 0. The molecule has 0 aromatic carbocycles. The molecule has 0 radical (unpaired) electrons. The Morgan fingerprint density at radius 2 is 2.06 bits per heavy atom. The van der Waals surface area contributed by atoms with Gasteiger partial charge in [0, 0.05) is 18.7 Å². The molecule has 1 heterocycles. The molecule has 0 saturated carbocycles. The van der Waals surface area contributed by atoms with Crippen molar-refractivity contribution in [1.29, 1.82) is 0 Å². The monoisotopic (exact) mass is 226 g/mol. The van der Waals surface area contributed by atoms with E-state index in [2.05, 4.69) is 36.2 Å². The van der Waals surface area contributed by atoms with Gasteiger partial charge in [-0.1, -0.05) is 6.92 Å². The van der Waals surface area contributed by atoms with E-state index in [9.17, 15) is 0 Å². The standard InChI is InChI=1S/C11H22N4O/c1-8(2)15-11(13-7-14-15)5-12-10(4)9(3)6-16/h7-10,12,16H,5-6H2,1-4H3. The minimum atomic E-state index is 0.199. The van der Waals surface area contributed by atoms with Crippen molar-refractivity contribution >= 4 is 0 Å². The third-order valence-corrected chi connectivity index (χ3v) is 2.86. The van der Waals surface area contributed by atoms with Crippen molar-refractivity contribution in [1.82, 2.24) is 20.1 Å². The molecule has 1 rings (SSSR count). The van der Waals surface area contributed by atoms with Crippen molar-refractivity contribution < 1.29 is 5.11 Å². The summed E-state index contributed by atoms with van der Waals surface area (Å²) in [6.07, 6.45) is 1.58. The van der Waals surface area contributed by atoms with Gasteiger partial charge in [0.15, 0.2) is 0 Å². The highest BCUT2D eigenvalue weighted by Gasteiger charge is 2.12. The summed E-state index contributed by atoms with van der Waals surface area (Å²) in [7, 11) is 0. The summed E-state index contributed by atoms with van der Waals surface area (Å²) in [5, 5.41) is 16.6. The fourth-order valence-corrected chi connectivity index (χ4v) is 1.44. The Hall–Kier alpha value is -0.940. The average molecular weight is 226 g/mol. The van der Waals surface area contributed by atoms with Crippen LogP contribution in [0, 0.1) is 5.92 Å². The Labute approximate surface area is 96.9 Å². The van der Waals surface area contributed by atoms with Crippen LogP contribution in [0.25, 0.3) is 0 Å². The van der Waals surface area contributed by atoms with Crippen LogP contribution in [0.4, 0.5) is 0 Å². The molecule has 2 atom stereocenters. The molecule has 1 aromatic rings. The maximum atomic E-state index is 9.03. The van der Waals surface area contributed by atoms with Crippen molar-refractivity contribution in [2.75, 3.05) is 6.61 Å². The first-order valence-corrected chi connectivity index (χ1v) is 5.78. The zero-order valence-electron chi connectivity index (χ0n) is 10.5.